The van der Waals surface area contributed by atoms with E-state index in [0.717, 1.165) is 19.7 Å². The molecule has 1 spiro atoms. The van der Waals surface area contributed by atoms with Crippen molar-refractivity contribution in [3.05, 3.63) is 44.8 Å². The van der Waals surface area contributed by atoms with Gasteiger partial charge in [0.25, 0.3) is 0 Å². The third-order valence-corrected chi connectivity index (χ3v) is 7.86. The van der Waals surface area contributed by atoms with E-state index in [-0.39, 0.29) is 5.60 Å². The fraction of sp³-hybridized carbons (Fsp3) is 0.600. The van der Waals surface area contributed by atoms with Crippen LogP contribution in [0.5, 0.6) is 0 Å². The van der Waals surface area contributed by atoms with Gasteiger partial charge in [0.2, 0.25) is 0 Å². The molecule has 24 heavy (non-hydrogen) atoms. The minimum absolute atomic E-state index is 0.177. The summed E-state index contributed by atoms with van der Waals surface area (Å²) in [7, 11) is 0. The first-order chi connectivity index (χ1) is 11.8. The Morgan fingerprint density at radius 1 is 1.04 bits per heavy atom. The summed E-state index contributed by atoms with van der Waals surface area (Å²) in [5.74, 6) is 0. The molecule has 1 saturated heterocycles. The molecule has 4 rings (SSSR count). The second-order valence-electron chi connectivity index (χ2n) is 7.43. The largest absolute Gasteiger partial charge is 0.375 e. The minimum Gasteiger partial charge on any atom is -0.375 e. The van der Waals surface area contributed by atoms with Crippen molar-refractivity contribution >= 4 is 22.7 Å². The first-order valence-corrected chi connectivity index (χ1v) is 11.0. The molecule has 0 radical (unpaired) electrons. The van der Waals surface area contributed by atoms with Crippen LogP contribution >= 0.6 is 22.7 Å². The number of thiophene rings is 2. The van der Waals surface area contributed by atoms with Gasteiger partial charge in [0.1, 0.15) is 0 Å². The Kier molecular flexibility index (Phi) is 5.09. The zero-order valence-electron chi connectivity index (χ0n) is 14.3. The standard InChI is InChI=1S/C20H27NOS2/c1-2-8-20(7-1)16-19(10-12-22-20,18-6-4-14-24-18)9-11-21-15-17-5-3-13-23-17/h3-6,13-14,21H,1-2,7-12,15-16H2. The van der Waals surface area contributed by atoms with Gasteiger partial charge in [-0.15, -0.1) is 22.7 Å². The third kappa shape index (κ3) is 3.48. The lowest BCUT2D eigenvalue weighted by Gasteiger charge is -2.46. The smallest absolute Gasteiger partial charge is 0.0691 e. The van der Waals surface area contributed by atoms with E-state index in [1.165, 1.54) is 49.8 Å². The van der Waals surface area contributed by atoms with E-state index in [4.69, 9.17) is 4.74 Å². The van der Waals surface area contributed by atoms with Crippen LogP contribution in [0, 0.1) is 0 Å². The highest BCUT2D eigenvalue weighted by molar-refractivity contribution is 7.10. The molecule has 2 nitrogen and oxygen atoms in total. The highest BCUT2D eigenvalue weighted by Gasteiger charge is 2.48. The van der Waals surface area contributed by atoms with Crippen LogP contribution < -0.4 is 5.32 Å². The van der Waals surface area contributed by atoms with Gasteiger partial charge in [-0.05, 0) is 61.5 Å². The van der Waals surface area contributed by atoms with Crippen molar-refractivity contribution in [2.24, 2.45) is 0 Å². The molecule has 1 atom stereocenters. The molecule has 1 unspecified atom stereocenters. The predicted molar refractivity (Wildman–Crippen MR) is 103 cm³/mol. The van der Waals surface area contributed by atoms with Crippen LogP contribution in [0.4, 0.5) is 0 Å². The number of nitrogens with one attached hydrogen (secondary N) is 1. The lowest BCUT2D eigenvalue weighted by atomic mass is 9.69. The molecule has 2 aliphatic rings. The molecule has 1 aliphatic carbocycles. The third-order valence-electron chi connectivity index (χ3n) is 5.87. The number of rotatable bonds is 6. The summed E-state index contributed by atoms with van der Waals surface area (Å²) in [6, 6.07) is 8.93. The number of hydrogen-bond acceptors (Lipinski definition) is 4. The maximum absolute atomic E-state index is 6.33. The zero-order chi connectivity index (χ0) is 16.3. The Bertz CT molecular complexity index is 616. The highest BCUT2D eigenvalue weighted by atomic mass is 32.1. The molecule has 3 heterocycles. The second kappa shape index (κ2) is 7.28. The van der Waals surface area contributed by atoms with E-state index < -0.39 is 0 Å². The zero-order valence-corrected chi connectivity index (χ0v) is 15.9. The van der Waals surface area contributed by atoms with Crippen LogP contribution in [0.15, 0.2) is 35.0 Å². The topological polar surface area (TPSA) is 21.3 Å². The van der Waals surface area contributed by atoms with E-state index in [1.54, 1.807) is 4.88 Å². The summed E-state index contributed by atoms with van der Waals surface area (Å²) in [6.07, 6.45) is 8.85. The van der Waals surface area contributed by atoms with Crippen LogP contribution in [-0.2, 0) is 16.7 Å². The summed E-state index contributed by atoms with van der Waals surface area (Å²) in [6.45, 7) is 3.02. The Balaban J connectivity index is 1.45. The van der Waals surface area contributed by atoms with Crippen molar-refractivity contribution in [3.8, 4) is 0 Å². The summed E-state index contributed by atoms with van der Waals surface area (Å²) in [4.78, 5) is 3.01. The fourth-order valence-corrected chi connectivity index (χ4v) is 6.30. The molecule has 0 aromatic carbocycles. The first kappa shape index (κ1) is 16.8. The molecule has 1 aliphatic heterocycles. The maximum Gasteiger partial charge on any atom is 0.0691 e. The average Bonchev–Trinajstić information content (AvgIpc) is 3.34. The Morgan fingerprint density at radius 3 is 2.62 bits per heavy atom. The summed E-state index contributed by atoms with van der Waals surface area (Å²) < 4.78 is 6.33. The van der Waals surface area contributed by atoms with E-state index in [1.807, 2.05) is 22.7 Å². The van der Waals surface area contributed by atoms with Crippen molar-refractivity contribution in [2.45, 2.75) is 62.5 Å². The van der Waals surface area contributed by atoms with E-state index in [2.05, 4.69) is 40.3 Å². The van der Waals surface area contributed by atoms with Crippen LogP contribution in [-0.4, -0.2) is 18.8 Å². The molecule has 1 saturated carbocycles. The van der Waals surface area contributed by atoms with E-state index in [0.29, 0.717) is 5.41 Å². The Morgan fingerprint density at radius 2 is 1.88 bits per heavy atom. The summed E-state index contributed by atoms with van der Waals surface area (Å²) in [5, 5.41) is 8.08. The summed E-state index contributed by atoms with van der Waals surface area (Å²) in [5.41, 5.74) is 0.495. The van der Waals surface area contributed by atoms with Crippen molar-refractivity contribution in [2.75, 3.05) is 13.2 Å². The first-order valence-electron chi connectivity index (χ1n) is 9.22. The quantitative estimate of drug-likeness (QED) is 0.700. The minimum atomic E-state index is 0.177. The van der Waals surface area contributed by atoms with Gasteiger partial charge < -0.3 is 10.1 Å². The average molecular weight is 362 g/mol. The molecule has 2 aromatic heterocycles. The Hall–Kier alpha value is -0.680. The molecule has 1 N–H and O–H groups in total. The van der Waals surface area contributed by atoms with Gasteiger partial charge in [0.05, 0.1) is 5.60 Å². The van der Waals surface area contributed by atoms with Gasteiger partial charge in [0, 0.05) is 28.3 Å². The van der Waals surface area contributed by atoms with E-state index >= 15 is 0 Å². The molecule has 2 aromatic rings. The van der Waals surface area contributed by atoms with Gasteiger partial charge in [-0.2, -0.15) is 0 Å². The lowest BCUT2D eigenvalue weighted by Crippen LogP contribution is -2.46. The molecule has 0 bridgehead atoms. The van der Waals surface area contributed by atoms with Gasteiger partial charge in [-0.3, -0.25) is 0 Å². The fourth-order valence-electron chi connectivity index (χ4n) is 4.64. The van der Waals surface area contributed by atoms with Crippen molar-refractivity contribution in [1.82, 2.24) is 5.32 Å². The maximum atomic E-state index is 6.33. The monoisotopic (exact) mass is 361 g/mol. The molecule has 130 valence electrons. The van der Waals surface area contributed by atoms with Crippen LogP contribution in [0.1, 0.15) is 54.7 Å². The molecule has 0 amide bonds. The predicted octanol–water partition coefficient (Wildman–Crippen LogP) is 5.35. The van der Waals surface area contributed by atoms with Crippen molar-refractivity contribution in [1.29, 1.82) is 0 Å². The second-order valence-corrected chi connectivity index (χ2v) is 9.41. The van der Waals surface area contributed by atoms with E-state index in [9.17, 15) is 0 Å². The van der Waals surface area contributed by atoms with Crippen molar-refractivity contribution in [3.63, 3.8) is 0 Å². The number of ether oxygens (including phenoxy) is 1. The van der Waals surface area contributed by atoms with Gasteiger partial charge in [-0.1, -0.05) is 25.0 Å². The molecular formula is C20H27NOS2. The number of hydrogen-bond donors (Lipinski definition) is 1. The SMILES string of the molecule is c1csc(CNCCC2(c3cccs3)CCOC3(CCCC3)C2)c1. The van der Waals surface area contributed by atoms with Crippen LogP contribution in [0.25, 0.3) is 0 Å². The van der Waals surface area contributed by atoms with Gasteiger partial charge in [-0.25, -0.2) is 0 Å². The van der Waals surface area contributed by atoms with Gasteiger partial charge in [0.15, 0.2) is 0 Å². The Labute approximate surface area is 153 Å². The van der Waals surface area contributed by atoms with Crippen molar-refractivity contribution < 1.29 is 4.74 Å². The van der Waals surface area contributed by atoms with Crippen LogP contribution in [0.3, 0.4) is 0 Å². The highest BCUT2D eigenvalue weighted by Crippen LogP contribution is 2.50. The normalized spacial score (nSPS) is 26.2. The molecule has 2 fully saturated rings. The molecular weight excluding hydrogens is 334 g/mol. The summed E-state index contributed by atoms with van der Waals surface area (Å²) >= 11 is 3.79. The molecule has 4 heteroatoms. The van der Waals surface area contributed by atoms with Crippen LogP contribution in [0.2, 0.25) is 0 Å². The van der Waals surface area contributed by atoms with Gasteiger partial charge >= 0.3 is 0 Å². The lowest BCUT2D eigenvalue weighted by molar-refractivity contribution is -0.103.